The van der Waals surface area contributed by atoms with Crippen LogP contribution in [0.1, 0.15) is 42.1 Å². The van der Waals surface area contributed by atoms with E-state index in [1.54, 1.807) is 12.1 Å². The summed E-state index contributed by atoms with van der Waals surface area (Å²) in [5, 5.41) is 0. The Bertz CT molecular complexity index is 384. The first kappa shape index (κ1) is 12.3. The van der Waals surface area contributed by atoms with Crippen LogP contribution in [-0.4, -0.2) is 12.6 Å². The minimum atomic E-state index is -0.367. The Labute approximate surface area is 96.6 Å². The summed E-state index contributed by atoms with van der Waals surface area (Å²) < 4.78 is 4.83. The van der Waals surface area contributed by atoms with E-state index in [2.05, 4.69) is 19.8 Å². The summed E-state index contributed by atoms with van der Waals surface area (Å²) in [5.41, 5.74) is 1.78. The summed E-state index contributed by atoms with van der Waals surface area (Å²) in [6.07, 6.45) is 6.09. The highest BCUT2D eigenvalue weighted by Gasteiger charge is 2.07. The second-order valence-electron chi connectivity index (χ2n) is 3.71. The van der Waals surface area contributed by atoms with Crippen molar-refractivity contribution >= 4 is 5.97 Å². The van der Waals surface area contributed by atoms with Crippen molar-refractivity contribution in [3.63, 3.8) is 0 Å². The van der Waals surface area contributed by atoms with Crippen molar-refractivity contribution < 1.29 is 9.53 Å². The van der Waals surface area contributed by atoms with Crippen molar-refractivity contribution in [2.24, 2.45) is 0 Å². The summed E-state index contributed by atoms with van der Waals surface area (Å²) >= 11 is 0. The standard InChI is InChI=1S/C14H16O2/c1-4-10-16-14(15)13-8-6-12(7-9-13)11(3)5-2/h1,6-9,11H,5,10H2,2-3H3. The Kier molecular flexibility index (Phi) is 4.60. The number of hydrogen-bond acceptors (Lipinski definition) is 2. The third kappa shape index (κ3) is 3.13. The predicted molar refractivity (Wildman–Crippen MR) is 64.3 cm³/mol. The molecule has 0 fully saturated rings. The Morgan fingerprint density at radius 2 is 2.06 bits per heavy atom. The van der Waals surface area contributed by atoms with Gasteiger partial charge in [-0.1, -0.05) is 31.9 Å². The molecule has 2 nitrogen and oxygen atoms in total. The van der Waals surface area contributed by atoms with E-state index in [4.69, 9.17) is 11.2 Å². The highest BCUT2D eigenvalue weighted by atomic mass is 16.5. The van der Waals surface area contributed by atoms with E-state index in [0.717, 1.165) is 6.42 Å². The van der Waals surface area contributed by atoms with Gasteiger partial charge < -0.3 is 4.74 Å². The van der Waals surface area contributed by atoms with E-state index in [9.17, 15) is 4.79 Å². The molecule has 0 aromatic heterocycles. The summed E-state index contributed by atoms with van der Waals surface area (Å²) in [5.74, 6) is 2.41. The molecular formula is C14H16O2. The molecule has 0 N–H and O–H groups in total. The molecule has 1 aromatic rings. The molecule has 84 valence electrons. The second kappa shape index (κ2) is 5.97. The Balaban J connectivity index is 2.71. The molecule has 0 saturated heterocycles. The van der Waals surface area contributed by atoms with E-state index < -0.39 is 0 Å². The van der Waals surface area contributed by atoms with Crippen LogP contribution in [0, 0.1) is 12.3 Å². The molecule has 1 atom stereocenters. The molecule has 16 heavy (non-hydrogen) atoms. The average Bonchev–Trinajstić information content (AvgIpc) is 2.35. The number of hydrogen-bond donors (Lipinski definition) is 0. The van der Waals surface area contributed by atoms with Crippen LogP contribution in [0.3, 0.4) is 0 Å². The number of esters is 1. The van der Waals surface area contributed by atoms with Crippen LogP contribution in [0.4, 0.5) is 0 Å². The average molecular weight is 216 g/mol. The number of carbonyl (C=O) groups is 1. The van der Waals surface area contributed by atoms with Crippen LogP contribution in [0.15, 0.2) is 24.3 Å². The zero-order chi connectivity index (χ0) is 12.0. The molecule has 0 aliphatic heterocycles. The fourth-order valence-electron chi connectivity index (χ4n) is 1.37. The normalized spacial score (nSPS) is 11.6. The van der Waals surface area contributed by atoms with Gasteiger partial charge >= 0.3 is 5.97 Å². The first-order valence-electron chi connectivity index (χ1n) is 5.39. The number of ether oxygens (including phenoxy) is 1. The van der Waals surface area contributed by atoms with Gasteiger partial charge in [0.15, 0.2) is 6.61 Å². The van der Waals surface area contributed by atoms with Gasteiger partial charge in [-0.05, 0) is 30.0 Å². The van der Waals surface area contributed by atoms with E-state index >= 15 is 0 Å². The fraction of sp³-hybridized carbons (Fsp3) is 0.357. The molecular weight excluding hydrogens is 200 g/mol. The molecule has 0 saturated carbocycles. The van der Waals surface area contributed by atoms with E-state index in [1.165, 1.54) is 5.56 Å². The van der Waals surface area contributed by atoms with Gasteiger partial charge in [0.1, 0.15) is 0 Å². The van der Waals surface area contributed by atoms with Crippen molar-refractivity contribution in [1.29, 1.82) is 0 Å². The largest absolute Gasteiger partial charge is 0.449 e. The summed E-state index contributed by atoms with van der Waals surface area (Å²) in [4.78, 5) is 11.4. The number of terminal acetylenes is 1. The monoisotopic (exact) mass is 216 g/mol. The smallest absolute Gasteiger partial charge is 0.339 e. The predicted octanol–water partition coefficient (Wildman–Crippen LogP) is 2.99. The molecule has 2 heteroatoms. The SMILES string of the molecule is C#CCOC(=O)c1ccc(C(C)CC)cc1. The maximum atomic E-state index is 11.4. The van der Waals surface area contributed by atoms with Gasteiger partial charge in [-0.15, -0.1) is 6.42 Å². The van der Waals surface area contributed by atoms with Gasteiger partial charge in [-0.25, -0.2) is 4.79 Å². The van der Waals surface area contributed by atoms with Gasteiger partial charge in [-0.2, -0.15) is 0 Å². The van der Waals surface area contributed by atoms with Crippen LogP contribution >= 0.6 is 0 Å². The highest BCUT2D eigenvalue weighted by molar-refractivity contribution is 5.89. The molecule has 0 amide bonds. The minimum Gasteiger partial charge on any atom is -0.449 e. The Hall–Kier alpha value is -1.75. The van der Waals surface area contributed by atoms with Crippen LogP contribution in [-0.2, 0) is 4.74 Å². The van der Waals surface area contributed by atoms with Crippen LogP contribution in [0.25, 0.3) is 0 Å². The Morgan fingerprint density at radius 3 is 2.56 bits per heavy atom. The summed E-state index contributed by atoms with van der Waals surface area (Å²) in [6, 6.07) is 7.47. The van der Waals surface area contributed by atoms with Crippen LogP contribution < -0.4 is 0 Å². The second-order valence-corrected chi connectivity index (χ2v) is 3.71. The lowest BCUT2D eigenvalue weighted by Gasteiger charge is -2.09. The molecule has 0 spiro atoms. The first-order chi connectivity index (χ1) is 7.69. The van der Waals surface area contributed by atoms with Crippen molar-refractivity contribution in [3.05, 3.63) is 35.4 Å². The van der Waals surface area contributed by atoms with Gasteiger partial charge in [0.2, 0.25) is 0 Å². The summed E-state index contributed by atoms with van der Waals surface area (Å²) in [7, 11) is 0. The third-order valence-corrected chi connectivity index (χ3v) is 2.61. The van der Waals surface area contributed by atoms with Crippen molar-refractivity contribution in [2.75, 3.05) is 6.61 Å². The van der Waals surface area contributed by atoms with Crippen LogP contribution in [0.2, 0.25) is 0 Å². The fourth-order valence-corrected chi connectivity index (χ4v) is 1.37. The number of carbonyl (C=O) groups excluding carboxylic acids is 1. The lowest BCUT2D eigenvalue weighted by Crippen LogP contribution is -2.05. The first-order valence-corrected chi connectivity index (χ1v) is 5.39. The molecule has 0 aliphatic carbocycles. The van der Waals surface area contributed by atoms with Crippen LogP contribution in [0.5, 0.6) is 0 Å². The lowest BCUT2D eigenvalue weighted by atomic mass is 9.98. The number of rotatable bonds is 4. The molecule has 1 aromatic carbocycles. The van der Waals surface area contributed by atoms with Gasteiger partial charge in [0.25, 0.3) is 0 Å². The topological polar surface area (TPSA) is 26.3 Å². The van der Waals surface area contributed by atoms with Crippen molar-refractivity contribution in [2.45, 2.75) is 26.2 Å². The van der Waals surface area contributed by atoms with E-state index in [-0.39, 0.29) is 12.6 Å². The van der Waals surface area contributed by atoms with Crippen molar-refractivity contribution in [1.82, 2.24) is 0 Å². The van der Waals surface area contributed by atoms with E-state index in [0.29, 0.717) is 11.5 Å². The zero-order valence-electron chi connectivity index (χ0n) is 9.69. The Morgan fingerprint density at radius 1 is 1.44 bits per heavy atom. The van der Waals surface area contributed by atoms with Crippen molar-refractivity contribution in [3.8, 4) is 12.3 Å². The maximum absolute atomic E-state index is 11.4. The minimum absolute atomic E-state index is 0.0198. The quantitative estimate of drug-likeness (QED) is 0.571. The third-order valence-electron chi connectivity index (χ3n) is 2.61. The molecule has 0 bridgehead atoms. The number of benzene rings is 1. The van der Waals surface area contributed by atoms with E-state index in [1.807, 2.05) is 12.1 Å². The molecule has 0 heterocycles. The molecule has 0 radical (unpaired) electrons. The van der Waals surface area contributed by atoms with Gasteiger partial charge in [0, 0.05) is 0 Å². The molecule has 0 aliphatic rings. The molecule has 1 unspecified atom stereocenters. The lowest BCUT2D eigenvalue weighted by molar-refractivity contribution is 0.0557. The highest BCUT2D eigenvalue weighted by Crippen LogP contribution is 2.18. The van der Waals surface area contributed by atoms with Gasteiger partial charge in [0.05, 0.1) is 5.56 Å². The molecule has 1 rings (SSSR count). The van der Waals surface area contributed by atoms with Gasteiger partial charge in [-0.3, -0.25) is 0 Å². The maximum Gasteiger partial charge on any atom is 0.339 e. The summed E-state index contributed by atoms with van der Waals surface area (Å²) in [6.45, 7) is 4.32. The zero-order valence-corrected chi connectivity index (χ0v) is 9.69.